The first-order valence-corrected chi connectivity index (χ1v) is 9.80. The number of amides is 3. The van der Waals surface area contributed by atoms with Crippen molar-refractivity contribution in [3.05, 3.63) is 47.0 Å². The Hall–Kier alpha value is -2.19. The number of hydrogen-bond donors (Lipinski definition) is 0. The average Bonchev–Trinajstić information content (AvgIpc) is 3.02. The molecule has 8 heteroatoms. The highest BCUT2D eigenvalue weighted by molar-refractivity contribution is 9.11. The third-order valence-electron chi connectivity index (χ3n) is 4.80. The van der Waals surface area contributed by atoms with E-state index in [4.69, 9.17) is 4.74 Å². The third kappa shape index (κ3) is 3.58. The molecule has 0 unspecified atom stereocenters. The number of carbonyl (C=O) groups is 3. The number of hydrogen-bond acceptors (Lipinski definition) is 5. The van der Waals surface area contributed by atoms with Crippen LogP contribution in [0.15, 0.2) is 41.4 Å². The quantitative estimate of drug-likeness (QED) is 0.663. The van der Waals surface area contributed by atoms with Gasteiger partial charge in [0.2, 0.25) is 5.91 Å². The lowest BCUT2D eigenvalue weighted by Crippen LogP contribution is -2.52. The topological polar surface area (TPSA) is 70.2 Å². The summed E-state index contributed by atoms with van der Waals surface area (Å²) in [5.74, 6) is -1.43. The second-order valence-corrected chi connectivity index (χ2v) is 9.12. The number of imide groups is 1. The maximum atomic E-state index is 13.1. The average molecular weight is 450 g/mol. The SMILES string of the molecule is C=C(Br)CN1[C@@H](c2ccccc2)[C@H]2C(=O)N(C)C(=O)[C@H]2N1C(=O)OC(C)(C)C. The van der Waals surface area contributed by atoms with Gasteiger partial charge in [0.05, 0.1) is 18.5 Å². The van der Waals surface area contributed by atoms with Crippen LogP contribution < -0.4 is 0 Å². The van der Waals surface area contributed by atoms with Gasteiger partial charge >= 0.3 is 6.09 Å². The van der Waals surface area contributed by atoms with Crippen molar-refractivity contribution in [3.8, 4) is 0 Å². The zero-order valence-corrected chi connectivity index (χ0v) is 18.0. The molecular formula is C20H24BrN3O4. The minimum absolute atomic E-state index is 0.246. The van der Waals surface area contributed by atoms with Crippen LogP contribution in [-0.4, -0.2) is 58.1 Å². The van der Waals surface area contributed by atoms with Gasteiger partial charge < -0.3 is 4.74 Å². The first-order valence-electron chi connectivity index (χ1n) is 9.01. The van der Waals surface area contributed by atoms with E-state index in [-0.39, 0.29) is 12.5 Å². The highest BCUT2D eigenvalue weighted by Gasteiger charge is 2.63. The van der Waals surface area contributed by atoms with Gasteiger partial charge in [0.15, 0.2) is 0 Å². The fourth-order valence-corrected chi connectivity index (χ4v) is 4.03. The molecule has 0 radical (unpaired) electrons. The van der Waals surface area contributed by atoms with Gasteiger partial charge in [0, 0.05) is 11.5 Å². The molecule has 0 spiro atoms. The molecule has 3 amide bonds. The molecule has 0 bridgehead atoms. The van der Waals surface area contributed by atoms with E-state index in [0.29, 0.717) is 4.48 Å². The zero-order valence-electron chi connectivity index (χ0n) is 16.4. The molecule has 0 aromatic heterocycles. The van der Waals surface area contributed by atoms with Crippen LogP contribution in [0.5, 0.6) is 0 Å². The summed E-state index contributed by atoms with van der Waals surface area (Å²) in [6.45, 7) is 9.40. The molecule has 3 rings (SSSR count). The summed E-state index contributed by atoms with van der Waals surface area (Å²) in [7, 11) is 1.45. The van der Waals surface area contributed by atoms with Crippen LogP contribution in [0, 0.1) is 5.92 Å². The second kappa shape index (κ2) is 7.33. The van der Waals surface area contributed by atoms with E-state index in [0.717, 1.165) is 10.5 Å². The summed E-state index contributed by atoms with van der Waals surface area (Å²) in [5, 5.41) is 3.00. The van der Waals surface area contributed by atoms with Crippen LogP contribution in [0.25, 0.3) is 0 Å². The van der Waals surface area contributed by atoms with Crippen molar-refractivity contribution in [2.45, 2.75) is 38.5 Å². The zero-order chi connectivity index (χ0) is 20.8. The molecule has 2 saturated heterocycles. The van der Waals surface area contributed by atoms with Crippen molar-refractivity contribution in [1.29, 1.82) is 0 Å². The molecule has 0 N–H and O–H groups in total. The number of benzene rings is 1. The van der Waals surface area contributed by atoms with E-state index in [1.165, 1.54) is 12.1 Å². The van der Waals surface area contributed by atoms with Crippen LogP contribution in [0.2, 0.25) is 0 Å². The number of likely N-dealkylation sites (N-methyl/N-ethyl adjacent to an activating group) is 1. The van der Waals surface area contributed by atoms with Gasteiger partial charge in [0.1, 0.15) is 11.6 Å². The maximum Gasteiger partial charge on any atom is 0.425 e. The minimum atomic E-state index is -0.940. The number of ether oxygens (including phenoxy) is 1. The summed E-state index contributed by atoms with van der Waals surface area (Å²) in [5.41, 5.74) is 0.0975. The fourth-order valence-electron chi connectivity index (χ4n) is 3.77. The Morgan fingerprint density at radius 3 is 2.29 bits per heavy atom. The molecule has 2 heterocycles. The summed E-state index contributed by atoms with van der Waals surface area (Å²) in [4.78, 5) is 40.0. The van der Waals surface area contributed by atoms with Gasteiger partial charge in [-0.1, -0.05) is 52.8 Å². The Morgan fingerprint density at radius 2 is 1.75 bits per heavy atom. The van der Waals surface area contributed by atoms with Gasteiger partial charge in [-0.2, -0.15) is 0 Å². The second-order valence-electron chi connectivity index (χ2n) is 8.00. The Kier molecular flexibility index (Phi) is 5.38. The van der Waals surface area contributed by atoms with E-state index in [9.17, 15) is 14.4 Å². The van der Waals surface area contributed by atoms with Crippen molar-refractivity contribution in [2.24, 2.45) is 5.92 Å². The van der Waals surface area contributed by atoms with Crippen molar-refractivity contribution in [3.63, 3.8) is 0 Å². The first kappa shape index (κ1) is 20.5. The molecule has 2 fully saturated rings. The van der Waals surface area contributed by atoms with Crippen LogP contribution in [0.1, 0.15) is 32.4 Å². The lowest BCUT2D eigenvalue weighted by atomic mass is 9.90. The third-order valence-corrected chi connectivity index (χ3v) is 5.05. The van der Waals surface area contributed by atoms with Crippen LogP contribution in [-0.2, 0) is 14.3 Å². The highest BCUT2D eigenvalue weighted by atomic mass is 79.9. The van der Waals surface area contributed by atoms with Gasteiger partial charge in [-0.3, -0.25) is 14.5 Å². The highest BCUT2D eigenvalue weighted by Crippen LogP contribution is 2.46. The molecule has 0 aliphatic carbocycles. The lowest BCUT2D eigenvalue weighted by molar-refractivity contribution is -0.143. The molecule has 28 heavy (non-hydrogen) atoms. The standard InChI is InChI=1S/C20H24BrN3O4/c1-12(21)11-23-15(13-9-7-6-8-10-13)14-16(18(26)22(5)17(14)25)24(23)19(27)28-20(2,3)4/h6-10,14-16H,1,11H2,2-5H3/t14-,15+,16+/m1/s1. The summed E-state index contributed by atoms with van der Waals surface area (Å²) < 4.78 is 6.18. The molecule has 0 saturated carbocycles. The predicted octanol–water partition coefficient (Wildman–Crippen LogP) is 3.09. The normalized spacial score (nSPS) is 25.2. The molecular weight excluding hydrogens is 426 g/mol. The Labute approximate surface area is 173 Å². The van der Waals surface area contributed by atoms with E-state index in [1.807, 2.05) is 30.3 Å². The van der Waals surface area contributed by atoms with E-state index < -0.39 is 35.6 Å². The van der Waals surface area contributed by atoms with E-state index >= 15 is 0 Å². The lowest BCUT2D eigenvalue weighted by Gasteiger charge is -2.35. The number of nitrogens with zero attached hydrogens (tertiary/aromatic N) is 3. The largest absolute Gasteiger partial charge is 0.443 e. The number of halogens is 1. The minimum Gasteiger partial charge on any atom is -0.443 e. The van der Waals surface area contributed by atoms with Gasteiger partial charge in [-0.15, -0.1) is 0 Å². The fraction of sp³-hybridized carbons (Fsp3) is 0.450. The molecule has 3 atom stereocenters. The van der Waals surface area contributed by atoms with Crippen LogP contribution >= 0.6 is 15.9 Å². The summed E-state index contributed by atoms with van der Waals surface area (Å²) in [6, 6.07) is 7.96. The van der Waals surface area contributed by atoms with Gasteiger partial charge in [-0.05, 0) is 26.3 Å². The smallest absolute Gasteiger partial charge is 0.425 e. The number of likely N-dealkylation sites (tertiary alicyclic amines) is 1. The van der Waals surface area contributed by atoms with Crippen LogP contribution in [0.3, 0.4) is 0 Å². The molecule has 7 nitrogen and oxygen atoms in total. The first-order chi connectivity index (χ1) is 13.0. The number of carbonyl (C=O) groups excluding carboxylic acids is 3. The van der Waals surface area contributed by atoms with Gasteiger partial charge in [-0.25, -0.2) is 14.8 Å². The van der Waals surface area contributed by atoms with Crippen LogP contribution in [0.4, 0.5) is 4.79 Å². The number of hydrazine groups is 1. The van der Waals surface area contributed by atoms with Crippen molar-refractivity contribution in [2.75, 3.05) is 13.6 Å². The summed E-state index contributed by atoms with van der Waals surface area (Å²) in [6.07, 6.45) is -0.661. The van der Waals surface area contributed by atoms with Crippen molar-refractivity contribution < 1.29 is 19.1 Å². The molecule has 2 aliphatic rings. The number of rotatable bonds is 3. The molecule has 1 aromatic carbocycles. The Morgan fingerprint density at radius 1 is 1.14 bits per heavy atom. The molecule has 150 valence electrons. The van der Waals surface area contributed by atoms with Gasteiger partial charge in [0.25, 0.3) is 5.91 Å². The maximum absolute atomic E-state index is 13.1. The predicted molar refractivity (Wildman–Crippen MR) is 107 cm³/mol. The van der Waals surface area contributed by atoms with E-state index in [2.05, 4.69) is 22.5 Å². The Bertz CT molecular complexity index is 820. The van der Waals surface area contributed by atoms with Crippen molar-refractivity contribution >= 4 is 33.8 Å². The van der Waals surface area contributed by atoms with E-state index in [1.54, 1.807) is 25.8 Å². The summed E-state index contributed by atoms with van der Waals surface area (Å²) >= 11 is 3.35. The molecule has 2 aliphatic heterocycles. The number of fused-ring (bicyclic) bond motifs is 1. The Balaban J connectivity index is 2.12. The van der Waals surface area contributed by atoms with Crippen molar-refractivity contribution in [1.82, 2.24) is 14.9 Å². The molecule has 1 aromatic rings. The monoisotopic (exact) mass is 449 g/mol.